The Morgan fingerprint density at radius 1 is 1.33 bits per heavy atom. The highest BCUT2D eigenvalue weighted by atomic mass is 16.6. The van der Waals surface area contributed by atoms with Crippen LogP contribution in [0.2, 0.25) is 0 Å². The number of unbranched alkanes of at least 4 members (excludes halogenated alkanes) is 2. The van der Waals surface area contributed by atoms with E-state index in [1.165, 1.54) is 6.07 Å². The number of nitro benzene ring substituents is 1. The molecule has 1 aromatic carbocycles. The van der Waals surface area contributed by atoms with Crippen LogP contribution in [0.4, 0.5) is 11.4 Å². The number of hydrogen-bond acceptors (Lipinski definition) is 4. The van der Waals surface area contributed by atoms with Crippen molar-refractivity contribution in [2.45, 2.75) is 33.1 Å². The quantitative estimate of drug-likeness (QED) is 0.453. The van der Waals surface area contributed by atoms with Crippen molar-refractivity contribution in [2.24, 2.45) is 0 Å². The lowest BCUT2D eigenvalue weighted by Gasteiger charge is -2.17. The van der Waals surface area contributed by atoms with Crippen LogP contribution in [-0.2, 0) is 0 Å². The first kappa shape index (κ1) is 16.9. The standard InChI is InChI=1S/C15H23N3O3/c1-4-6-7-11-17(3)15(19)12-9-8-10-13(16-5-2)14(12)18(20)21/h8-10,16H,4-7,11H2,1-3H3. The molecule has 1 rings (SSSR count). The fourth-order valence-electron chi connectivity index (χ4n) is 2.15. The van der Waals surface area contributed by atoms with Crippen molar-refractivity contribution in [2.75, 3.05) is 25.5 Å². The van der Waals surface area contributed by atoms with Gasteiger partial charge in [-0.05, 0) is 25.5 Å². The molecule has 6 heteroatoms. The fraction of sp³-hybridized carbons (Fsp3) is 0.533. The molecule has 0 aliphatic carbocycles. The minimum atomic E-state index is -0.495. The summed E-state index contributed by atoms with van der Waals surface area (Å²) in [6.07, 6.45) is 3.01. The monoisotopic (exact) mass is 293 g/mol. The van der Waals surface area contributed by atoms with Crippen molar-refractivity contribution >= 4 is 17.3 Å². The number of carbonyl (C=O) groups excluding carboxylic acids is 1. The van der Waals surface area contributed by atoms with Crippen molar-refractivity contribution in [3.05, 3.63) is 33.9 Å². The summed E-state index contributed by atoms with van der Waals surface area (Å²) in [5, 5.41) is 14.2. The van der Waals surface area contributed by atoms with E-state index in [1.807, 2.05) is 6.92 Å². The van der Waals surface area contributed by atoms with E-state index in [2.05, 4.69) is 12.2 Å². The summed E-state index contributed by atoms with van der Waals surface area (Å²) in [5.41, 5.74) is 0.374. The normalized spacial score (nSPS) is 10.2. The second kappa shape index (κ2) is 8.24. The first-order valence-electron chi connectivity index (χ1n) is 7.29. The van der Waals surface area contributed by atoms with Crippen LogP contribution in [0.3, 0.4) is 0 Å². The van der Waals surface area contributed by atoms with Crippen molar-refractivity contribution < 1.29 is 9.72 Å². The average molecular weight is 293 g/mol. The van der Waals surface area contributed by atoms with Gasteiger partial charge in [0.15, 0.2) is 0 Å². The number of para-hydroxylation sites is 1. The Morgan fingerprint density at radius 3 is 2.62 bits per heavy atom. The SMILES string of the molecule is CCCCCN(C)C(=O)c1cccc(NCC)c1[N+](=O)[O-]. The van der Waals surface area contributed by atoms with Gasteiger partial charge in [0.25, 0.3) is 5.91 Å². The summed E-state index contributed by atoms with van der Waals surface area (Å²) >= 11 is 0. The first-order valence-corrected chi connectivity index (χ1v) is 7.29. The minimum Gasteiger partial charge on any atom is -0.380 e. The molecule has 0 aliphatic heterocycles. The van der Waals surface area contributed by atoms with E-state index >= 15 is 0 Å². The lowest BCUT2D eigenvalue weighted by molar-refractivity contribution is -0.384. The molecular formula is C15H23N3O3. The van der Waals surface area contributed by atoms with Crippen molar-refractivity contribution in [3.63, 3.8) is 0 Å². The van der Waals surface area contributed by atoms with Gasteiger partial charge in [0.2, 0.25) is 0 Å². The maximum Gasteiger partial charge on any atom is 0.305 e. The Labute approximate surface area is 125 Å². The molecule has 0 spiro atoms. The van der Waals surface area contributed by atoms with Crippen molar-refractivity contribution in [1.29, 1.82) is 0 Å². The Morgan fingerprint density at radius 2 is 2.05 bits per heavy atom. The van der Waals surface area contributed by atoms with Gasteiger partial charge in [-0.3, -0.25) is 14.9 Å². The maximum atomic E-state index is 12.4. The molecule has 0 saturated carbocycles. The molecule has 21 heavy (non-hydrogen) atoms. The molecule has 0 fully saturated rings. The van der Waals surface area contributed by atoms with Crippen LogP contribution in [0, 0.1) is 10.1 Å². The molecule has 1 aromatic rings. The molecular weight excluding hydrogens is 270 g/mol. The van der Waals surface area contributed by atoms with E-state index < -0.39 is 4.92 Å². The van der Waals surface area contributed by atoms with Crippen LogP contribution in [0.25, 0.3) is 0 Å². The van der Waals surface area contributed by atoms with Gasteiger partial charge in [0.1, 0.15) is 11.3 Å². The molecule has 0 bridgehead atoms. The number of anilines is 1. The van der Waals surface area contributed by atoms with Gasteiger partial charge < -0.3 is 10.2 Å². The number of rotatable bonds is 8. The Bertz CT molecular complexity index is 503. The molecule has 0 aromatic heterocycles. The third kappa shape index (κ3) is 4.44. The van der Waals surface area contributed by atoms with E-state index in [-0.39, 0.29) is 17.2 Å². The van der Waals surface area contributed by atoms with Crippen molar-refractivity contribution in [1.82, 2.24) is 4.90 Å². The third-order valence-corrected chi connectivity index (χ3v) is 3.26. The summed E-state index contributed by atoms with van der Waals surface area (Å²) in [4.78, 5) is 24.8. The fourth-order valence-corrected chi connectivity index (χ4v) is 2.15. The number of nitrogens with one attached hydrogen (secondary N) is 1. The van der Waals surface area contributed by atoms with Gasteiger partial charge in [0.05, 0.1) is 4.92 Å². The molecule has 6 nitrogen and oxygen atoms in total. The number of hydrogen-bond donors (Lipinski definition) is 1. The number of nitrogens with zero attached hydrogens (tertiary/aromatic N) is 2. The molecule has 0 aliphatic rings. The summed E-state index contributed by atoms with van der Waals surface area (Å²) in [6.45, 7) is 5.11. The maximum absolute atomic E-state index is 12.4. The second-order valence-corrected chi connectivity index (χ2v) is 4.92. The second-order valence-electron chi connectivity index (χ2n) is 4.92. The molecule has 1 amide bonds. The summed E-state index contributed by atoms with van der Waals surface area (Å²) in [5.74, 6) is -0.308. The van der Waals surface area contributed by atoms with Crippen LogP contribution in [0.1, 0.15) is 43.5 Å². The van der Waals surface area contributed by atoms with E-state index in [4.69, 9.17) is 0 Å². The smallest absolute Gasteiger partial charge is 0.305 e. The molecule has 1 N–H and O–H groups in total. The Balaban J connectivity index is 3.02. The topological polar surface area (TPSA) is 75.5 Å². The van der Waals surface area contributed by atoms with E-state index in [0.29, 0.717) is 18.8 Å². The zero-order chi connectivity index (χ0) is 15.8. The highest BCUT2D eigenvalue weighted by Crippen LogP contribution is 2.29. The predicted octanol–water partition coefficient (Wildman–Crippen LogP) is 3.29. The minimum absolute atomic E-state index is 0.137. The van der Waals surface area contributed by atoms with Crippen LogP contribution < -0.4 is 5.32 Å². The summed E-state index contributed by atoms with van der Waals surface area (Å²) in [7, 11) is 1.68. The van der Waals surface area contributed by atoms with Gasteiger partial charge in [-0.1, -0.05) is 25.8 Å². The van der Waals surface area contributed by atoms with Crippen molar-refractivity contribution in [3.8, 4) is 0 Å². The Hall–Kier alpha value is -2.11. The molecule has 0 saturated heterocycles. The largest absolute Gasteiger partial charge is 0.380 e. The zero-order valence-corrected chi connectivity index (χ0v) is 12.9. The summed E-state index contributed by atoms with van der Waals surface area (Å²) in [6, 6.07) is 4.80. The lowest BCUT2D eigenvalue weighted by atomic mass is 10.1. The molecule has 0 heterocycles. The van der Waals surface area contributed by atoms with Gasteiger partial charge in [-0.15, -0.1) is 0 Å². The number of carbonyl (C=O) groups is 1. The summed E-state index contributed by atoms with van der Waals surface area (Å²) < 4.78 is 0. The number of amides is 1. The lowest BCUT2D eigenvalue weighted by Crippen LogP contribution is -2.28. The van der Waals surface area contributed by atoms with E-state index in [1.54, 1.807) is 24.1 Å². The van der Waals surface area contributed by atoms with Gasteiger partial charge >= 0.3 is 5.69 Å². The molecule has 0 radical (unpaired) electrons. The average Bonchev–Trinajstić information content (AvgIpc) is 2.46. The predicted molar refractivity (Wildman–Crippen MR) is 83.7 cm³/mol. The number of nitro groups is 1. The van der Waals surface area contributed by atoms with Gasteiger partial charge in [-0.25, -0.2) is 0 Å². The molecule has 0 atom stereocenters. The zero-order valence-electron chi connectivity index (χ0n) is 12.9. The first-order chi connectivity index (χ1) is 10.0. The van der Waals surface area contributed by atoms with Gasteiger partial charge in [-0.2, -0.15) is 0 Å². The van der Waals surface area contributed by atoms with Crippen LogP contribution in [0.15, 0.2) is 18.2 Å². The number of benzene rings is 1. The van der Waals surface area contributed by atoms with Crippen LogP contribution in [-0.4, -0.2) is 35.9 Å². The molecule has 116 valence electrons. The Kier molecular flexibility index (Phi) is 6.65. The van der Waals surface area contributed by atoms with E-state index in [0.717, 1.165) is 19.3 Å². The third-order valence-electron chi connectivity index (χ3n) is 3.26. The van der Waals surface area contributed by atoms with E-state index in [9.17, 15) is 14.9 Å². The molecule has 0 unspecified atom stereocenters. The van der Waals surface area contributed by atoms with Crippen LogP contribution >= 0.6 is 0 Å². The van der Waals surface area contributed by atoms with Gasteiger partial charge in [0, 0.05) is 20.1 Å². The highest BCUT2D eigenvalue weighted by molar-refractivity contribution is 6.00. The highest BCUT2D eigenvalue weighted by Gasteiger charge is 2.26. The van der Waals surface area contributed by atoms with Crippen LogP contribution in [0.5, 0.6) is 0 Å².